The van der Waals surface area contributed by atoms with Crippen molar-refractivity contribution in [2.24, 2.45) is 5.92 Å². The summed E-state index contributed by atoms with van der Waals surface area (Å²) in [5.41, 5.74) is 5.94. The van der Waals surface area contributed by atoms with Crippen molar-refractivity contribution in [3.63, 3.8) is 0 Å². The van der Waals surface area contributed by atoms with Crippen molar-refractivity contribution in [3.05, 3.63) is 22.2 Å². The standard InChI is InChI=1S/C12H16Cl2N2O2S/c1-2-16(7-8-3-4-8)19(17,18)12-10(13)5-9(15)6-11(12)14/h5-6,8H,2-4,7,15H2,1H3. The minimum Gasteiger partial charge on any atom is -0.399 e. The first-order valence-electron chi connectivity index (χ1n) is 6.11. The van der Waals surface area contributed by atoms with Crippen LogP contribution in [0.2, 0.25) is 10.0 Å². The van der Waals surface area contributed by atoms with E-state index in [0.29, 0.717) is 24.7 Å². The second-order valence-corrected chi connectivity index (χ2v) is 7.40. The lowest BCUT2D eigenvalue weighted by Gasteiger charge is -2.21. The zero-order valence-electron chi connectivity index (χ0n) is 10.6. The maximum Gasteiger partial charge on any atom is 0.246 e. The normalized spacial score (nSPS) is 16.0. The molecule has 1 aromatic rings. The van der Waals surface area contributed by atoms with Gasteiger partial charge >= 0.3 is 0 Å². The number of anilines is 1. The van der Waals surface area contributed by atoms with Gasteiger partial charge in [0, 0.05) is 18.8 Å². The van der Waals surface area contributed by atoms with Crippen molar-refractivity contribution in [2.75, 3.05) is 18.8 Å². The van der Waals surface area contributed by atoms with Gasteiger partial charge < -0.3 is 5.73 Å². The zero-order chi connectivity index (χ0) is 14.2. The van der Waals surface area contributed by atoms with E-state index in [2.05, 4.69) is 0 Å². The molecule has 1 aliphatic rings. The maximum atomic E-state index is 12.6. The number of nitrogens with two attached hydrogens (primary N) is 1. The average molecular weight is 323 g/mol. The van der Waals surface area contributed by atoms with Gasteiger partial charge in [-0.1, -0.05) is 30.1 Å². The van der Waals surface area contributed by atoms with Crippen molar-refractivity contribution in [2.45, 2.75) is 24.7 Å². The van der Waals surface area contributed by atoms with Crippen molar-refractivity contribution in [1.29, 1.82) is 0 Å². The van der Waals surface area contributed by atoms with Gasteiger partial charge in [0.15, 0.2) is 0 Å². The summed E-state index contributed by atoms with van der Waals surface area (Å²) in [6, 6.07) is 2.82. The molecule has 2 N–H and O–H groups in total. The molecule has 1 aliphatic carbocycles. The van der Waals surface area contributed by atoms with Gasteiger partial charge in [-0.3, -0.25) is 0 Å². The number of sulfonamides is 1. The van der Waals surface area contributed by atoms with Crippen molar-refractivity contribution >= 4 is 38.9 Å². The Hall–Kier alpha value is -0.490. The molecule has 0 aromatic heterocycles. The van der Waals surface area contributed by atoms with Crippen LogP contribution in [0.15, 0.2) is 17.0 Å². The molecular weight excluding hydrogens is 307 g/mol. The summed E-state index contributed by atoms with van der Waals surface area (Å²) in [5.74, 6) is 0.459. The zero-order valence-corrected chi connectivity index (χ0v) is 12.9. The number of nitrogen functional groups attached to an aromatic ring is 1. The van der Waals surface area contributed by atoms with E-state index < -0.39 is 10.0 Å². The molecular formula is C12H16Cl2N2O2S. The first-order valence-corrected chi connectivity index (χ1v) is 8.30. The highest BCUT2D eigenvalue weighted by Crippen LogP contribution is 2.36. The third-order valence-electron chi connectivity index (χ3n) is 3.13. The van der Waals surface area contributed by atoms with E-state index >= 15 is 0 Å². The molecule has 1 aromatic carbocycles. The van der Waals surface area contributed by atoms with Gasteiger partial charge in [0.25, 0.3) is 0 Å². The lowest BCUT2D eigenvalue weighted by atomic mass is 10.3. The van der Waals surface area contributed by atoms with E-state index in [1.165, 1.54) is 16.4 Å². The van der Waals surface area contributed by atoms with Gasteiger partial charge in [0.1, 0.15) is 4.90 Å². The molecule has 0 atom stereocenters. The van der Waals surface area contributed by atoms with Crippen LogP contribution in [0.5, 0.6) is 0 Å². The van der Waals surface area contributed by atoms with E-state index in [9.17, 15) is 8.42 Å². The van der Waals surface area contributed by atoms with Gasteiger partial charge in [-0.05, 0) is 30.9 Å². The van der Waals surface area contributed by atoms with E-state index in [1.54, 1.807) is 6.92 Å². The molecule has 0 amide bonds. The second kappa shape index (κ2) is 5.48. The Bertz CT molecular complexity index is 562. The second-order valence-electron chi connectivity index (χ2n) is 4.71. The quantitative estimate of drug-likeness (QED) is 0.847. The molecule has 0 saturated heterocycles. The summed E-state index contributed by atoms with van der Waals surface area (Å²) >= 11 is 12.0. The van der Waals surface area contributed by atoms with E-state index in [4.69, 9.17) is 28.9 Å². The number of benzene rings is 1. The largest absolute Gasteiger partial charge is 0.399 e. The Kier molecular flexibility index (Phi) is 4.30. The number of halogens is 2. The van der Waals surface area contributed by atoms with E-state index in [-0.39, 0.29) is 14.9 Å². The van der Waals surface area contributed by atoms with Crippen LogP contribution in [0.4, 0.5) is 5.69 Å². The Morgan fingerprint density at radius 3 is 2.26 bits per heavy atom. The van der Waals surface area contributed by atoms with Gasteiger partial charge in [0.05, 0.1) is 10.0 Å². The molecule has 0 heterocycles. The van der Waals surface area contributed by atoms with Crippen LogP contribution in [0, 0.1) is 5.92 Å². The Morgan fingerprint density at radius 1 is 1.32 bits per heavy atom. The predicted molar refractivity (Wildman–Crippen MR) is 78.0 cm³/mol. The van der Waals surface area contributed by atoms with Gasteiger partial charge in [0.2, 0.25) is 10.0 Å². The molecule has 1 fully saturated rings. The van der Waals surface area contributed by atoms with Crippen LogP contribution < -0.4 is 5.73 Å². The van der Waals surface area contributed by atoms with Crippen molar-refractivity contribution < 1.29 is 8.42 Å². The maximum absolute atomic E-state index is 12.6. The number of hydrogen-bond donors (Lipinski definition) is 1. The SMILES string of the molecule is CCN(CC1CC1)S(=O)(=O)c1c(Cl)cc(N)cc1Cl. The van der Waals surface area contributed by atoms with Crippen LogP contribution in [-0.4, -0.2) is 25.8 Å². The minimum absolute atomic E-state index is 0.0486. The highest BCUT2D eigenvalue weighted by Gasteiger charge is 2.33. The molecule has 0 radical (unpaired) electrons. The van der Waals surface area contributed by atoms with Crippen molar-refractivity contribution in [1.82, 2.24) is 4.31 Å². The topological polar surface area (TPSA) is 63.4 Å². The summed E-state index contributed by atoms with van der Waals surface area (Å²) in [5, 5.41) is 0.137. The fourth-order valence-electron chi connectivity index (χ4n) is 1.94. The first-order chi connectivity index (χ1) is 8.86. The van der Waals surface area contributed by atoms with E-state index in [0.717, 1.165) is 12.8 Å². The molecule has 0 spiro atoms. The summed E-state index contributed by atoms with van der Waals surface area (Å²) in [7, 11) is -3.67. The minimum atomic E-state index is -3.67. The Morgan fingerprint density at radius 2 is 1.84 bits per heavy atom. The highest BCUT2D eigenvalue weighted by atomic mass is 35.5. The van der Waals surface area contributed by atoms with Crippen molar-refractivity contribution in [3.8, 4) is 0 Å². The lowest BCUT2D eigenvalue weighted by Crippen LogP contribution is -2.33. The molecule has 7 heteroatoms. The fourth-order valence-corrected chi connectivity index (χ4v) is 4.65. The molecule has 2 rings (SSSR count). The molecule has 0 bridgehead atoms. The first kappa shape index (κ1) is 14.9. The molecule has 4 nitrogen and oxygen atoms in total. The smallest absolute Gasteiger partial charge is 0.246 e. The summed E-state index contributed by atoms with van der Waals surface area (Å²) < 4.78 is 26.6. The summed E-state index contributed by atoms with van der Waals surface area (Å²) in [6.45, 7) is 2.73. The van der Waals surface area contributed by atoms with Crippen LogP contribution in [0.1, 0.15) is 19.8 Å². The van der Waals surface area contributed by atoms with Gasteiger partial charge in [-0.15, -0.1) is 0 Å². The number of rotatable bonds is 5. The fraction of sp³-hybridized carbons (Fsp3) is 0.500. The lowest BCUT2D eigenvalue weighted by molar-refractivity contribution is 0.412. The number of hydrogen-bond acceptors (Lipinski definition) is 3. The monoisotopic (exact) mass is 322 g/mol. The highest BCUT2D eigenvalue weighted by molar-refractivity contribution is 7.89. The molecule has 106 valence electrons. The molecule has 1 saturated carbocycles. The average Bonchev–Trinajstić information content (AvgIpc) is 3.07. The van der Waals surface area contributed by atoms with Crippen LogP contribution in [0.3, 0.4) is 0 Å². The Labute approximate surface area is 123 Å². The summed E-state index contributed by atoms with van der Waals surface area (Å²) in [6.07, 6.45) is 2.16. The van der Waals surface area contributed by atoms with Gasteiger partial charge in [-0.25, -0.2) is 8.42 Å². The van der Waals surface area contributed by atoms with Crippen LogP contribution >= 0.6 is 23.2 Å². The molecule has 0 aliphatic heterocycles. The Balaban J connectivity index is 2.42. The number of nitrogens with zero attached hydrogens (tertiary/aromatic N) is 1. The van der Waals surface area contributed by atoms with Crippen LogP contribution in [-0.2, 0) is 10.0 Å². The predicted octanol–water partition coefficient (Wildman–Crippen LogP) is 3.00. The van der Waals surface area contributed by atoms with E-state index in [1.807, 2.05) is 0 Å². The molecule has 0 unspecified atom stereocenters. The van der Waals surface area contributed by atoms with Gasteiger partial charge in [-0.2, -0.15) is 4.31 Å². The third kappa shape index (κ3) is 3.16. The van der Waals surface area contributed by atoms with Crippen LogP contribution in [0.25, 0.3) is 0 Å². The third-order valence-corrected chi connectivity index (χ3v) is 5.99. The molecule has 19 heavy (non-hydrogen) atoms. The summed E-state index contributed by atoms with van der Waals surface area (Å²) in [4.78, 5) is -0.0486.